The van der Waals surface area contributed by atoms with Gasteiger partial charge >= 0.3 is 0 Å². The molecule has 4 nitrogen and oxygen atoms in total. The van der Waals surface area contributed by atoms with Crippen LogP contribution in [0.15, 0.2) is 48.8 Å². The molecule has 0 fully saturated rings. The first-order chi connectivity index (χ1) is 9.38. The van der Waals surface area contributed by atoms with Gasteiger partial charge < -0.3 is 15.2 Å². The van der Waals surface area contributed by atoms with Crippen LogP contribution in [0.4, 0.5) is 0 Å². The Hall–Kier alpha value is -1.62. The van der Waals surface area contributed by atoms with Gasteiger partial charge in [-0.2, -0.15) is 0 Å². The molecule has 2 N–H and O–H groups in total. The average molecular weight is 295 g/mol. The number of ether oxygens (including phenoxy) is 1. The fourth-order valence-electron chi connectivity index (χ4n) is 1.72. The zero-order chi connectivity index (χ0) is 13.3. The molecule has 0 amide bonds. The number of aliphatic hydroxyl groups is 1. The van der Waals surface area contributed by atoms with Crippen molar-refractivity contribution in [3.8, 4) is 5.75 Å². The van der Waals surface area contributed by atoms with Crippen LogP contribution in [0.1, 0.15) is 11.1 Å². The van der Waals surface area contributed by atoms with E-state index in [1.165, 1.54) is 11.1 Å². The highest BCUT2D eigenvalue weighted by atomic mass is 35.5. The van der Waals surface area contributed by atoms with Gasteiger partial charge in [0, 0.05) is 25.5 Å². The fraction of sp³-hybridized carbons (Fsp3) is 0.267. The Labute approximate surface area is 125 Å². The zero-order valence-corrected chi connectivity index (χ0v) is 12.0. The van der Waals surface area contributed by atoms with Crippen LogP contribution in [-0.4, -0.2) is 23.3 Å². The summed E-state index contributed by atoms with van der Waals surface area (Å²) in [5.41, 5.74) is 2.37. The van der Waals surface area contributed by atoms with Crippen molar-refractivity contribution in [2.24, 2.45) is 0 Å². The predicted molar refractivity (Wildman–Crippen MR) is 81.1 cm³/mol. The maximum Gasteiger partial charge on any atom is 0.119 e. The third-order valence-electron chi connectivity index (χ3n) is 2.66. The van der Waals surface area contributed by atoms with Crippen molar-refractivity contribution in [3.05, 3.63) is 59.9 Å². The molecule has 0 atom stereocenters. The van der Waals surface area contributed by atoms with E-state index in [0.29, 0.717) is 6.61 Å². The Bertz CT molecular complexity index is 477. The van der Waals surface area contributed by atoms with Crippen LogP contribution in [0.5, 0.6) is 5.75 Å². The summed E-state index contributed by atoms with van der Waals surface area (Å²) in [5.74, 6) is 0.782. The highest BCUT2D eigenvalue weighted by Crippen LogP contribution is 2.12. The lowest BCUT2D eigenvalue weighted by Crippen LogP contribution is -2.12. The maximum atomic E-state index is 8.67. The average Bonchev–Trinajstić information content (AvgIpc) is 2.47. The van der Waals surface area contributed by atoms with Crippen molar-refractivity contribution >= 4 is 12.4 Å². The molecule has 2 aromatic rings. The van der Waals surface area contributed by atoms with Gasteiger partial charge in [0.05, 0.1) is 6.61 Å². The number of hydrogen-bond donors (Lipinski definition) is 2. The van der Waals surface area contributed by atoms with Gasteiger partial charge in [-0.15, -0.1) is 12.4 Å². The van der Waals surface area contributed by atoms with E-state index in [1.807, 2.05) is 42.6 Å². The van der Waals surface area contributed by atoms with Gasteiger partial charge in [0.15, 0.2) is 0 Å². The molecule has 0 spiro atoms. The molecule has 20 heavy (non-hydrogen) atoms. The minimum Gasteiger partial charge on any atom is -0.491 e. The summed E-state index contributed by atoms with van der Waals surface area (Å²) in [5, 5.41) is 12.0. The molecule has 2 rings (SSSR count). The van der Waals surface area contributed by atoms with E-state index in [4.69, 9.17) is 9.84 Å². The summed E-state index contributed by atoms with van der Waals surface area (Å²) in [4.78, 5) is 4.07. The van der Waals surface area contributed by atoms with E-state index in [-0.39, 0.29) is 19.0 Å². The van der Waals surface area contributed by atoms with Crippen molar-refractivity contribution in [3.63, 3.8) is 0 Å². The molecule has 1 heterocycles. The molecule has 0 bridgehead atoms. The number of halogens is 1. The van der Waals surface area contributed by atoms with Crippen molar-refractivity contribution in [1.29, 1.82) is 0 Å². The second-order valence-electron chi connectivity index (χ2n) is 4.18. The molecule has 0 saturated carbocycles. The van der Waals surface area contributed by atoms with Crippen LogP contribution in [-0.2, 0) is 13.1 Å². The number of benzene rings is 1. The van der Waals surface area contributed by atoms with E-state index in [9.17, 15) is 0 Å². The molecule has 1 aromatic heterocycles. The third kappa shape index (κ3) is 5.57. The first-order valence-corrected chi connectivity index (χ1v) is 6.31. The molecule has 108 valence electrons. The van der Waals surface area contributed by atoms with E-state index in [0.717, 1.165) is 18.8 Å². The Morgan fingerprint density at radius 1 is 1.05 bits per heavy atom. The number of nitrogens with one attached hydrogen (secondary N) is 1. The van der Waals surface area contributed by atoms with Gasteiger partial charge in [0.25, 0.3) is 0 Å². The molecule has 0 unspecified atom stereocenters. The summed E-state index contributed by atoms with van der Waals surface area (Å²) in [6.07, 6.45) is 3.63. The van der Waals surface area contributed by atoms with Gasteiger partial charge in [0.1, 0.15) is 12.4 Å². The van der Waals surface area contributed by atoms with Crippen molar-refractivity contribution in [2.75, 3.05) is 13.2 Å². The topological polar surface area (TPSA) is 54.4 Å². The molecule has 0 aliphatic carbocycles. The van der Waals surface area contributed by atoms with Crippen LogP contribution in [0.2, 0.25) is 0 Å². The van der Waals surface area contributed by atoms with Gasteiger partial charge in [-0.3, -0.25) is 4.98 Å². The molecule has 0 saturated heterocycles. The molecule has 0 aliphatic rings. The summed E-state index contributed by atoms with van der Waals surface area (Å²) in [7, 11) is 0. The molecule has 0 radical (unpaired) electrons. The highest BCUT2D eigenvalue weighted by molar-refractivity contribution is 5.85. The van der Waals surface area contributed by atoms with Gasteiger partial charge in [-0.25, -0.2) is 0 Å². The quantitative estimate of drug-likeness (QED) is 0.822. The third-order valence-corrected chi connectivity index (χ3v) is 2.66. The Morgan fingerprint density at radius 3 is 2.45 bits per heavy atom. The number of rotatable bonds is 7. The summed E-state index contributed by atoms with van der Waals surface area (Å²) >= 11 is 0. The smallest absolute Gasteiger partial charge is 0.119 e. The lowest BCUT2D eigenvalue weighted by Gasteiger charge is -2.07. The molecular formula is C15H19ClN2O2. The Morgan fingerprint density at radius 2 is 1.80 bits per heavy atom. The van der Waals surface area contributed by atoms with Crippen LogP contribution < -0.4 is 10.1 Å². The number of pyridine rings is 1. The lowest BCUT2D eigenvalue weighted by atomic mass is 10.2. The first-order valence-electron chi connectivity index (χ1n) is 6.31. The monoisotopic (exact) mass is 294 g/mol. The van der Waals surface area contributed by atoms with Crippen LogP contribution in [0.25, 0.3) is 0 Å². The number of aliphatic hydroxyl groups excluding tert-OH is 1. The lowest BCUT2D eigenvalue weighted by molar-refractivity contribution is 0.201. The molecule has 5 heteroatoms. The summed E-state index contributed by atoms with van der Waals surface area (Å²) < 4.78 is 5.31. The second-order valence-corrected chi connectivity index (χ2v) is 4.18. The largest absolute Gasteiger partial charge is 0.491 e. The van der Waals surface area contributed by atoms with E-state index >= 15 is 0 Å². The van der Waals surface area contributed by atoms with E-state index < -0.39 is 0 Å². The first kappa shape index (κ1) is 16.4. The number of hydrogen-bond acceptors (Lipinski definition) is 4. The van der Waals surface area contributed by atoms with Crippen molar-refractivity contribution in [1.82, 2.24) is 10.3 Å². The van der Waals surface area contributed by atoms with Crippen molar-refractivity contribution in [2.45, 2.75) is 13.1 Å². The van der Waals surface area contributed by atoms with Gasteiger partial charge in [-0.05, 0) is 29.3 Å². The summed E-state index contributed by atoms with van der Waals surface area (Å²) in [6.45, 7) is 1.97. The SMILES string of the molecule is Cl.OCCOc1ccc(CNCc2cccnc2)cc1. The van der Waals surface area contributed by atoms with Gasteiger partial charge in [-0.1, -0.05) is 18.2 Å². The van der Waals surface area contributed by atoms with Crippen LogP contribution in [0, 0.1) is 0 Å². The van der Waals surface area contributed by atoms with Crippen LogP contribution >= 0.6 is 12.4 Å². The molecular weight excluding hydrogens is 276 g/mol. The van der Waals surface area contributed by atoms with E-state index in [1.54, 1.807) is 6.20 Å². The predicted octanol–water partition coefficient (Wildman–Crippen LogP) is 2.16. The summed E-state index contributed by atoms with van der Waals surface area (Å²) in [6, 6.07) is 11.8. The number of aromatic nitrogens is 1. The minimum absolute atomic E-state index is 0. The number of nitrogens with zero attached hydrogens (tertiary/aromatic N) is 1. The normalized spacial score (nSPS) is 9.85. The fourth-order valence-corrected chi connectivity index (χ4v) is 1.72. The maximum absolute atomic E-state index is 8.67. The highest BCUT2D eigenvalue weighted by Gasteiger charge is 1.96. The minimum atomic E-state index is 0. The van der Waals surface area contributed by atoms with Gasteiger partial charge in [0.2, 0.25) is 0 Å². The second kappa shape index (κ2) is 9.31. The Balaban J connectivity index is 0.00000200. The van der Waals surface area contributed by atoms with E-state index in [2.05, 4.69) is 10.3 Å². The zero-order valence-electron chi connectivity index (χ0n) is 11.2. The van der Waals surface area contributed by atoms with Crippen molar-refractivity contribution < 1.29 is 9.84 Å². The molecule has 0 aliphatic heterocycles. The Kier molecular flexibility index (Phi) is 7.65. The van der Waals surface area contributed by atoms with Crippen LogP contribution in [0.3, 0.4) is 0 Å². The standard InChI is InChI=1S/C15H18N2O2.ClH/c18-8-9-19-15-5-3-13(4-6-15)10-17-12-14-2-1-7-16-11-14;/h1-7,11,17-18H,8-10,12H2;1H. The molecule has 1 aromatic carbocycles.